The number of ether oxygens (including phenoxy) is 1. The van der Waals surface area contributed by atoms with E-state index in [1.54, 1.807) is 12.1 Å². The number of fused-ring (bicyclic) bond motifs is 2. The van der Waals surface area contributed by atoms with Crippen molar-refractivity contribution in [1.29, 1.82) is 0 Å². The maximum atomic E-state index is 10.7. The van der Waals surface area contributed by atoms with Gasteiger partial charge in [0.1, 0.15) is 11.3 Å². The topological polar surface area (TPSA) is 39.4 Å². The zero-order chi connectivity index (χ0) is 14.5. The van der Waals surface area contributed by atoms with Crippen molar-refractivity contribution in [3.05, 3.63) is 76.6 Å². The van der Waals surface area contributed by atoms with Gasteiger partial charge in [-0.25, -0.2) is 4.79 Å². The van der Waals surface area contributed by atoms with Crippen molar-refractivity contribution in [2.45, 2.75) is 12.8 Å². The van der Waals surface area contributed by atoms with E-state index in [0.717, 1.165) is 24.2 Å². The van der Waals surface area contributed by atoms with Crippen molar-refractivity contribution in [2.75, 3.05) is 6.61 Å². The number of hydrogen-bond donors (Lipinski definition) is 0. The molecule has 0 aliphatic carbocycles. The molecule has 0 saturated carbocycles. The monoisotopic (exact) mass is 280 g/mol. The van der Waals surface area contributed by atoms with Crippen molar-refractivity contribution < 1.29 is 9.15 Å². The van der Waals surface area contributed by atoms with Gasteiger partial charge in [-0.1, -0.05) is 36.4 Å². The summed E-state index contributed by atoms with van der Waals surface area (Å²) < 4.78 is 10.3. The fraction of sp³-hybridized carbons (Fsp3) is 0.167. The Hall–Kier alpha value is -2.55. The molecule has 0 amide bonds. The van der Waals surface area contributed by atoms with E-state index in [4.69, 9.17) is 9.15 Å². The molecule has 106 valence electrons. The van der Waals surface area contributed by atoms with Crippen LogP contribution in [0.4, 0.5) is 0 Å². The Morgan fingerprint density at radius 2 is 1.67 bits per heavy atom. The Kier molecular flexibility index (Phi) is 4.01. The minimum Gasteiger partial charge on any atom is -0.493 e. The van der Waals surface area contributed by atoms with E-state index >= 15 is 0 Å². The summed E-state index contributed by atoms with van der Waals surface area (Å²) in [5.74, 6) is 1.08. The molecule has 0 N–H and O–H groups in total. The summed E-state index contributed by atoms with van der Waals surface area (Å²) in [5, 5.41) is 0.951. The maximum absolute atomic E-state index is 10.7. The Balaban J connectivity index is 0.000000126. The van der Waals surface area contributed by atoms with Gasteiger partial charge in [0.15, 0.2) is 0 Å². The number of rotatable bonds is 0. The number of para-hydroxylation sites is 2. The minimum atomic E-state index is -0.302. The lowest BCUT2D eigenvalue weighted by Gasteiger charge is -2.15. The first-order chi connectivity index (χ1) is 10.3. The molecule has 0 atom stereocenters. The lowest BCUT2D eigenvalue weighted by molar-refractivity contribution is 0.288. The van der Waals surface area contributed by atoms with Gasteiger partial charge in [-0.05, 0) is 36.6 Å². The molecule has 0 spiro atoms. The highest BCUT2D eigenvalue weighted by molar-refractivity contribution is 5.75. The Morgan fingerprint density at radius 3 is 2.57 bits per heavy atom. The second-order valence-electron chi connectivity index (χ2n) is 4.85. The molecule has 0 bridgehead atoms. The van der Waals surface area contributed by atoms with Crippen LogP contribution >= 0.6 is 0 Å². The molecule has 4 rings (SSSR count). The van der Waals surface area contributed by atoms with Crippen LogP contribution in [0.15, 0.2) is 69.9 Å². The molecule has 21 heavy (non-hydrogen) atoms. The number of aryl methyl sites for hydroxylation is 1. The molecule has 2 heterocycles. The van der Waals surface area contributed by atoms with Crippen LogP contribution in [0, 0.1) is 0 Å². The Labute approximate surface area is 122 Å². The molecule has 2 aromatic carbocycles. The summed E-state index contributed by atoms with van der Waals surface area (Å²) in [6, 6.07) is 18.8. The van der Waals surface area contributed by atoms with Crippen molar-refractivity contribution in [1.82, 2.24) is 0 Å². The molecule has 0 saturated heterocycles. The predicted molar refractivity (Wildman–Crippen MR) is 82.7 cm³/mol. The average molecular weight is 280 g/mol. The molecule has 3 nitrogen and oxygen atoms in total. The van der Waals surface area contributed by atoms with Crippen LogP contribution < -0.4 is 10.4 Å². The van der Waals surface area contributed by atoms with E-state index in [1.807, 2.05) is 30.3 Å². The van der Waals surface area contributed by atoms with Gasteiger partial charge in [-0.15, -0.1) is 0 Å². The molecule has 3 aromatic rings. The van der Waals surface area contributed by atoms with Crippen LogP contribution in [0.5, 0.6) is 5.75 Å². The van der Waals surface area contributed by atoms with Gasteiger partial charge in [0.25, 0.3) is 0 Å². The molecule has 1 aromatic heterocycles. The quantitative estimate of drug-likeness (QED) is 0.588. The van der Waals surface area contributed by atoms with E-state index < -0.39 is 0 Å². The van der Waals surface area contributed by atoms with E-state index in [2.05, 4.69) is 12.1 Å². The smallest absolute Gasteiger partial charge is 0.336 e. The Morgan fingerprint density at radius 1 is 0.857 bits per heavy atom. The summed E-state index contributed by atoms with van der Waals surface area (Å²) in [7, 11) is 0. The first kappa shape index (κ1) is 13.4. The van der Waals surface area contributed by atoms with Gasteiger partial charge in [-0.3, -0.25) is 0 Å². The fourth-order valence-corrected chi connectivity index (χ4v) is 2.31. The van der Waals surface area contributed by atoms with Gasteiger partial charge in [0.2, 0.25) is 0 Å². The van der Waals surface area contributed by atoms with Crippen molar-refractivity contribution in [3.63, 3.8) is 0 Å². The van der Waals surface area contributed by atoms with Crippen LogP contribution in [0.3, 0.4) is 0 Å². The van der Waals surface area contributed by atoms with Crippen LogP contribution in [0.25, 0.3) is 11.0 Å². The van der Waals surface area contributed by atoms with Crippen molar-refractivity contribution >= 4 is 11.0 Å². The molecule has 0 fully saturated rings. The average Bonchev–Trinajstić information content (AvgIpc) is 2.55. The number of hydrogen-bond acceptors (Lipinski definition) is 3. The Bertz CT molecular complexity index is 764. The molecule has 3 heteroatoms. The second-order valence-corrected chi connectivity index (χ2v) is 4.85. The largest absolute Gasteiger partial charge is 0.493 e. The molecule has 0 unspecified atom stereocenters. The predicted octanol–water partition coefficient (Wildman–Crippen LogP) is 3.80. The molecular weight excluding hydrogens is 264 g/mol. The SMILES string of the molecule is O=c1ccc2ccccc2o1.c1ccc2c(c1)CCCO2. The van der Waals surface area contributed by atoms with Gasteiger partial charge >= 0.3 is 5.63 Å². The zero-order valence-corrected chi connectivity index (χ0v) is 11.6. The molecule has 1 aliphatic heterocycles. The normalized spacial score (nSPS) is 12.8. The summed E-state index contributed by atoms with van der Waals surface area (Å²) >= 11 is 0. The third-order valence-electron chi connectivity index (χ3n) is 3.35. The minimum absolute atomic E-state index is 0.302. The van der Waals surface area contributed by atoms with E-state index in [1.165, 1.54) is 18.1 Å². The highest BCUT2D eigenvalue weighted by Crippen LogP contribution is 2.23. The maximum Gasteiger partial charge on any atom is 0.336 e. The van der Waals surface area contributed by atoms with E-state index in [-0.39, 0.29) is 5.63 Å². The molecular formula is C18H16O3. The lowest BCUT2D eigenvalue weighted by Crippen LogP contribution is -2.07. The van der Waals surface area contributed by atoms with E-state index in [9.17, 15) is 4.79 Å². The van der Waals surface area contributed by atoms with Gasteiger partial charge in [0, 0.05) is 11.5 Å². The second kappa shape index (κ2) is 6.27. The number of benzene rings is 2. The highest BCUT2D eigenvalue weighted by atomic mass is 16.5. The first-order valence-corrected chi connectivity index (χ1v) is 7.02. The summed E-state index contributed by atoms with van der Waals surface area (Å²) in [6.07, 6.45) is 2.34. The molecule has 1 aliphatic rings. The van der Waals surface area contributed by atoms with Crippen molar-refractivity contribution in [2.24, 2.45) is 0 Å². The van der Waals surface area contributed by atoms with Gasteiger partial charge < -0.3 is 9.15 Å². The third-order valence-corrected chi connectivity index (χ3v) is 3.35. The van der Waals surface area contributed by atoms with Crippen LogP contribution in [-0.4, -0.2) is 6.61 Å². The standard InChI is InChI=1S/C9H6O2.C9H10O/c10-9-6-5-7-3-1-2-4-8(7)11-9;1-2-6-9-8(4-1)5-3-7-10-9/h1-6H;1-2,4,6H,3,5,7H2. The van der Waals surface area contributed by atoms with Crippen LogP contribution in [0.1, 0.15) is 12.0 Å². The first-order valence-electron chi connectivity index (χ1n) is 7.02. The molecule has 0 radical (unpaired) electrons. The third kappa shape index (κ3) is 3.31. The summed E-state index contributed by atoms with van der Waals surface area (Å²) in [5.41, 5.74) is 1.69. The van der Waals surface area contributed by atoms with Gasteiger partial charge in [-0.2, -0.15) is 0 Å². The van der Waals surface area contributed by atoms with Crippen LogP contribution in [0.2, 0.25) is 0 Å². The summed E-state index contributed by atoms with van der Waals surface area (Å²) in [6.45, 7) is 0.886. The highest BCUT2D eigenvalue weighted by Gasteiger charge is 2.06. The zero-order valence-electron chi connectivity index (χ0n) is 11.6. The van der Waals surface area contributed by atoms with Crippen molar-refractivity contribution in [3.8, 4) is 5.75 Å². The lowest BCUT2D eigenvalue weighted by atomic mass is 10.1. The van der Waals surface area contributed by atoms with E-state index in [0.29, 0.717) is 5.58 Å². The fourth-order valence-electron chi connectivity index (χ4n) is 2.31. The van der Waals surface area contributed by atoms with Crippen LogP contribution in [-0.2, 0) is 6.42 Å². The summed E-state index contributed by atoms with van der Waals surface area (Å²) in [4.78, 5) is 10.7. The van der Waals surface area contributed by atoms with Gasteiger partial charge in [0.05, 0.1) is 6.61 Å².